The third-order valence-electron chi connectivity index (χ3n) is 3.07. The van der Waals surface area contributed by atoms with Gasteiger partial charge in [-0.25, -0.2) is 13.8 Å². The van der Waals surface area contributed by atoms with Gasteiger partial charge >= 0.3 is 0 Å². The predicted octanol–water partition coefficient (Wildman–Crippen LogP) is 3.19. The van der Waals surface area contributed by atoms with Crippen LogP contribution in [0.2, 0.25) is 0 Å². The first-order valence-corrected chi connectivity index (χ1v) is 5.77. The number of anilines is 1. The number of para-hydroxylation sites is 2. The molecule has 0 aliphatic heterocycles. The molecular weight excluding hydrogens is 248 g/mol. The average molecular weight is 259 g/mol. The van der Waals surface area contributed by atoms with Crippen molar-refractivity contribution in [2.24, 2.45) is 0 Å². The first kappa shape index (κ1) is 11.6. The second-order valence-corrected chi connectivity index (χ2v) is 4.32. The topological polar surface area (TPSA) is 43.8 Å². The molecule has 19 heavy (non-hydrogen) atoms. The van der Waals surface area contributed by atoms with Crippen molar-refractivity contribution in [2.45, 2.75) is 6.92 Å². The fraction of sp³-hybridized carbons (Fsp3) is 0.0714. The highest BCUT2D eigenvalue weighted by Gasteiger charge is 2.17. The third-order valence-corrected chi connectivity index (χ3v) is 3.07. The number of benzene rings is 2. The van der Waals surface area contributed by atoms with Crippen LogP contribution in [0.3, 0.4) is 0 Å². The second kappa shape index (κ2) is 4.05. The summed E-state index contributed by atoms with van der Waals surface area (Å²) in [5.74, 6) is -0.833. The number of hydrogen-bond acceptors (Lipinski definition) is 2. The maximum Gasteiger partial charge on any atom is 0.206 e. The van der Waals surface area contributed by atoms with Gasteiger partial charge in [-0.2, -0.15) is 0 Å². The van der Waals surface area contributed by atoms with E-state index >= 15 is 0 Å². The molecule has 2 N–H and O–H groups in total. The van der Waals surface area contributed by atoms with Crippen LogP contribution in [0.15, 0.2) is 36.4 Å². The van der Waals surface area contributed by atoms with E-state index in [0.717, 1.165) is 0 Å². The fourth-order valence-corrected chi connectivity index (χ4v) is 2.22. The number of aromatic nitrogens is 2. The molecule has 0 aliphatic carbocycles. The molecule has 2 aromatic carbocycles. The van der Waals surface area contributed by atoms with E-state index in [9.17, 15) is 8.78 Å². The van der Waals surface area contributed by atoms with Gasteiger partial charge in [-0.1, -0.05) is 18.2 Å². The molecule has 0 saturated heterocycles. The summed E-state index contributed by atoms with van der Waals surface area (Å²) in [4.78, 5) is 3.97. The number of rotatable bonds is 1. The van der Waals surface area contributed by atoms with Crippen LogP contribution in [-0.2, 0) is 0 Å². The van der Waals surface area contributed by atoms with Gasteiger partial charge in [-0.3, -0.25) is 4.57 Å². The maximum atomic E-state index is 14.0. The molecule has 0 bridgehead atoms. The van der Waals surface area contributed by atoms with E-state index in [0.29, 0.717) is 16.8 Å². The van der Waals surface area contributed by atoms with Crippen LogP contribution in [0, 0.1) is 18.6 Å². The Morgan fingerprint density at radius 3 is 2.47 bits per heavy atom. The molecule has 1 heterocycles. The molecule has 3 nitrogen and oxygen atoms in total. The minimum absolute atomic E-state index is 0.0632. The Labute approximate surface area is 108 Å². The van der Waals surface area contributed by atoms with E-state index in [2.05, 4.69) is 4.98 Å². The standard InChI is InChI=1S/C14H11F2N3/c1-8-4-2-6-10(16)13(8)19-11-7-3-5-9(15)12(11)18-14(19)17/h2-7H,1H3,(H2,17,18). The Kier molecular flexibility index (Phi) is 2.48. The summed E-state index contributed by atoms with van der Waals surface area (Å²) in [5.41, 5.74) is 7.40. The monoisotopic (exact) mass is 259 g/mol. The molecule has 5 heteroatoms. The van der Waals surface area contributed by atoms with Crippen molar-refractivity contribution in [1.29, 1.82) is 0 Å². The summed E-state index contributed by atoms with van der Waals surface area (Å²) in [5, 5.41) is 0. The number of nitrogens with two attached hydrogens (primary N) is 1. The Bertz CT molecular complexity index is 757. The molecule has 0 atom stereocenters. The van der Waals surface area contributed by atoms with E-state index in [1.807, 2.05) is 0 Å². The smallest absolute Gasteiger partial charge is 0.206 e. The van der Waals surface area contributed by atoms with Crippen LogP contribution in [-0.4, -0.2) is 9.55 Å². The Morgan fingerprint density at radius 1 is 1.05 bits per heavy atom. The number of halogens is 2. The average Bonchev–Trinajstić information content (AvgIpc) is 2.68. The van der Waals surface area contributed by atoms with E-state index in [-0.39, 0.29) is 11.5 Å². The molecule has 1 aromatic heterocycles. The van der Waals surface area contributed by atoms with Gasteiger partial charge in [0.15, 0.2) is 5.82 Å². The summed E-state index contributed by atoms with van der Waals surface area (Å²) >= 11 is 0. The van der Waals surface area contributed by atoms with Crippen LogP contribution < -0.4 is 5.73 Å². The summed E-state index contributed by atoms with van der Waals surface area (Å²) in [6, 6.07) is 9.23. The summed E-state index contributed by atoms with van der Waals surface area (Å²) in [6.45, 7) is 1.77. The third kappa shape index (κ3) is 1.66. The Balaban J connectivity index is 2.44. The van der Waals surface area contributed by atoms with Crippen molar-refractivity contribution in [3.8, 4) is 5.69 Å². The number of hydrogen-bond donors (Lipinski definition) is 1. The largest absolute Gasteiger partial charge is 0.369 e. The molecule has 0 saturated carbocycles. The van der Waals surface area contributed by atoms with Crippen molar-refractivity contribution in [3.63, 3.8) is 0 Å². The molecule has 0 amide bonds. The minimum Gasteiger partial charge on any atom is -0.369 e. The van der Waals surface area contributed by atoms with Gasteiger partial charge in [-0.05, 0) is 30.7 Å². The fourth-order valence-electron chi connectivity index (χ4n) is 2.22. The van der Waals surface area contributed by atoms with Crippen molar-refractivity contribution in [1.82, 2.24) is 9.55 Å². The molecule has 0 unspecified atom stereocenters. The lowest BCUT2D eigenvalue weighted by Gasteiger charge is -2.10. The van der Waals surface area contributed by atoms with Crippen LogP contribution in [0.25, 0.3) is 16.7 Å². The van der Waals surface area contributed by atoms with Crippen LogP contribution in [0.1, 0.15) is 5.56 Å². The molecule has 0 spiro atoms. The molecule has 96 valence electrons. The van der Waals surface area contributed by atoms with E-state index in [1.54, 1.807) is 31.2 Å². The zero-order valence-corrected chi connectivity index (χ0v) is 10.2. The highest BCUT2D eigenvalue weighted by Crippen LogP contribution is 2.28. The predicted molar refractivity (Wildman–Crippen MR) is 70.1 cm³/mol. The van der Waals surface area contributed by atoms with Crippen LogP contribution in [0.4, 0.5) is 14.7 Å². The Morgan fingerprint density at radius 2 is 1.74 bits per heavy atom. The van der Waals surface area contributed by atoms with Gasteiger partial charge < -0.3 is 5.73 Å². The van der Waals surface area contributed by atoms with Crippen LogP contribution in [0.5, 0.6) is 0 Å². The maximum absolute atomic E-state index is 14.0. The molecule has 0 fully saturated rings. The zero-order valence-electron chi connectivity index (χ0n) is 10.2. The quantitative estimate of drug-likeness (QED) is 0.729. The van der Waals surface area contributed by atoms with Crippen molar-refractivity contribution < 1.29 is 8.78 Å². The molecule has 3 rings (SSSR count). The van der Waals surface area contributed by atoms with Gasteiger partial charge in [-0.15, -0.1) is 0 Å². The number of fused-ring (bicyclic) bond motifs is 1. The van der Waals surface area contributed by atoms with Gasteiger partial charge in [0.25, 0.3) is 0 Å². The van der Waals surface area contributed by atoms with Gasteiger partial charge in [0.1, 0.15) is 11.3 Å². The van der Waals surface area contributed by atoms with Crippen molar-refractivity contribution in [3.05, 3.63) is 53.6 Å². The lowest BCUT2D eigenvalue weighted by atomic mass is 10.2. The SMILES string of the molecule is Cc1cccc(F)c1-n1c(N)nc2c(F)cccc21. The number of nitrogens with zero attached hydrogens (tertiary/aromatic N) is 2. The Hall–Kier alpha value is -2.43. The van der Waals surface area contributed by atoms with Gasteiger partial charge in [0, 0.05) is 0 Å². The summed E-state index contributed by atoms with van der Waals surface area (Å²) < 4.78 is 29.1. The number of imidazole rings is 1. The minimum atomic E-state index is -0.475. The van der Waals surface area contributed by atoms with E-state index < -0.39 is 11.6 Å². The lowest BCUT2D eigenvalue weighted by Crippen LogP contribution is -2.04. The van der Waals surface area contributed by atoms with Crippen LogP contribution >= 0.6 is 0 Å². The first-order valence-electron chi connectivity index (χ1n) is 5.77. The molecule has 3 aromatic rings. The summed E-state index contributed by atoms with van der Waals surface area (Å²) in [7, 11) is 0. The normalized spacial score (nSPS) is 11.1. The number of nitrogen functional groups attached to an aromatic ring is 1. The zero-order chi connectivity index (χ0) is 13.6. The van der Waals surface area contributed by atoms with Crippen molar-refractivity contribution >= 4 is 17.0 Å². The van der Waals surface area contributed by atoms with Gasteiger partial charge in [0.05, 0.1) is 11.2 Å². The summed E-state index contributed by atoms with van der Waals surface area (Å²) in [6.07, 6.45) is 0. The first-order chi connectivity index (χ1) is 9.09. The van der Waals surface area contributed by atoms with E-state index in [4.69, 9.17) is 5.73 Å². The number of aryl methyl sites for hydroxylation is 1. The lowest BCUT2D eigenvalue weighted by molar-refractivity contribution is 0.618. The molecule has 0 radical (unpaired) electrons. The van der Waals surface area contributed by atoms with E-state index in [1.165, 1.54) is 16.7 Å². The van der Waals surface area contributed by atoms with Crippen molar-refractivity contribution in [2.75, 3.05) is 5.73 Å². The molecule has 0 aliphatic rings. The highest BCUT2D eigenvalue weighted by atomic mass is 19.1. The second-order valence-electron chi connectivity index (χ2n) is 4.32. The molecular formula is C14H11F2N3. The highest BCUT2D eigenvalue weighted by molar-refractivity contribution is 5.81. The van der Waals surface area contributed by atoms with Gasteiger partial charge in [0.2, 0.25) is 5.95 Å².